The van der Waals surface area contributed by atoms with E-state index >= 15 is 0 Å². The molecule has 0 atom stereocenters. The summed E-state index contributed by atoms with van der Waals surface area (Å²) < 4.78 is 6.45. The molecule has 1 aromatic rings. The Balaban J connectivity index is 2.79. The first-order valence-corrected chi connectivity index (χ1v) is 6.01. The molecule has 0 bridgehead atoms. The van der Waals surface area contributed by atoms with Crippen LogP contribution >= 0.6 is 15.9 Å². The smallest absolute Gasteiger partial charge is 0.312 e. The number of benzene rings is 1. The van der Waals surface area contributed by atoms with E-state index in [0.29, 0.717) is 12.3 Å². The zero-order valence-corrected chi connectivity index (χ0v) is 11.5. The van der Waals surface area contributed by atoms with Crippen molar-refractivity contribution in [2.75, 3.05) is 6.61 Å². The third-order valence-electron chi connectivity index (χ3n) is 2.41. The summed E-state index contributed by atoms with van der Waals surface area (Å²) in [6.07, 6.45) is 0. The van der Waals surface area contributed by atoms with Crippen LogP contribution in [0.4, 0.5) is 0 Å². The summed E-state index contributed by atoms with van der Waals surface area (Å²) in [5, 5.41) is 8.98. The SMILES string of the molecule is CC(C)(COc1ccc(Br)cc1CN)C(=O)O. The lowest BCUT2D eigenvalue weighted by Crippen LogP contribution is -2.30. The molecule has 0 radical (unpaired) electrons. The second-order valence-electron chi connectivity index (χ2n) is 4.43. The molecule has 0 spiro atoms. The van der Waals surface area contributed by atoms with Crippen LogP contribution in [0.1, 0.15) is 19.4 Å². The Hall–Kier alpha value is -1.07. The Kier molecular flexibility index (Phi) is 4.54. The van der Waals surface area contributed by atoms with E-state index in [2.05, 4.69) is 15.9 Å². The van der Waals surface area contributed by atoms with Gasteiger partial charge in [-0.15, -0.1) is 0 Å². The number of halogens is 1. The maximum atomic E-state index is 10.9. The van der Waals surface area contributed by atoms with Crippen LogP contribution in [0, 0.1) is 5.41 Å². The van der Waals surface area contributed by atoms with Crippen molar-refractivity contribution in [1.29, 1.82) is 0 Å². The number of aliphatic carboxylic acids is 1. The van der Waals surface area contributed by atoms with Gasteiger partial charge in [0.2, 0.25) is 0 Å². The van der Waals surface area contributed by atoms with Crippen LogP contribution in [0.3, 0.4) is 0 Å². The highest BCUT2D eigenvalue weighted by molar-refractivity contribution is 9.10. The predicted molar refractivity (Wildman–Crippen MR) is 68.9 cm³/mol. The molecule has 4 nitrogen and oxygen atoms in total. The summed E-state index contributed by atoms with van der Waals surface area (Å²) in [5.41, 5.74) is 5.53. The van der Waals surface area contributed by atoms with Gasteiger partial charge in [-0.3, -0.25) is 4.79 Å². The minimum absolute atomic E-state index is 0.108. The van der Waals surface area contributed by atoms with E-state index in [0.717, 1.165) is 10.0 Å². The number of hydrogen-bond donors (Lipinski definition) is 2. The average Bonchev–Trinajstić information content (AvgIpc) is 2.27. The van der Waals surface area contributed by atoms with Crippen LogP contribution in [0.5, 0.6) is 5.75 Å². The molecule has 0 amide bonds. The normalized spacial score (nSPS) is 11.3. The Labute approximate surface area is 109 Å². The summed E-state index contributed by atoms with van der Waals surface area (Å²) in [7, 11) is 0. The number of carbonyl (C=O) groups is 1. The molecule has 0 heterocycles. The van der Waals surface area contributed by atoms with Crippen LogP contribution < -0.4 is 10.5 Å². The maximum absolute atomic E-state index is 10.9. The fourth-order valence-corrected chi connectivity index (χ4v) is 1.58. The lowest BCUT2D eigenvalue weighted by atomic mass is 9.95. The van der Waals surface area contributed by atoms with E-state index in [1.807, 2.05) is 12.1 Å². The molecule has 0 aliphatic rings. The van der Waals surface area contributed by atoms with E-state index in [1.54, 1.807) is 19.9 Å². The fraction of sp³-hybridized carbons (Fsp3) is 0.417. The zero-order chi connectivity index (χ0) is 13.1. The molecule has 1 aromatic carbocycles. The van der Waals surface area contributed by atoms with Crippen LogP contribution in [0.15, 0.2) is 22.7 Å². The van der Waals surface area contributed by atoms with Crippen molar-refractivity contribution in [3.63, 3.8) is 0 Å². The van der Waals surface area contributed by atoms with Gasteiger partial charge in [-0.1, -0.05) is 15.9 Å². The van der Waals surface area contributed by atoms with Crippen molar-refractivity contribution >= 4 is 21.9 Å². The first kappa shape index (κ1) is 14.0. The van der Waals surface area contributed by atoms with Crippen molar-refractivity contribution in [3.8, 4) is 5.75 Å². The number of hydrogen-bond acceptors (Lipinski definition) is 3. The molecule has 0 fully saturated rings. The summed E-state index contributed by atoms with van der Waals surface area (Å²) in [5.74, 6) is -0.256. The summed E-state index contributed by atoms with van der Waals surface area (Å²) >= 11 is 3.35. The van der Waals surface area contributed by atoms with Gasteiger partial charge in [-0.2, -0.15) is 0 Å². The van der Waals surface area contributed by atoms with Gasteiger partial charge < -0.3 is 15.6 Å². The third kappa shape index (κ3) is 3.71. The number of rotatable bonds is 5. The van der Waals surface area contributed by atoms with Crippen LogP contribution in [0.2, 0.25) is 0 Å². The fourth-order valence-electron chi connectivity index (χ4n) is 1.17. The molecule has 0 saturated heterocycles. The Morgan fingerprint density at radius 1 is 1.53 bits per heavy atom. The van der Waals surface area contributed by atoms with Gasteiger partial charge >= 0.3 is 5.97 Å². The van der Waals surface area contributed by atoms with Gasteiger partial charge in [0.1, 0.15) is 12.4 Å². The summed E-state index contributed by atoms with van der Waals surface area (Å²) in [6, 6.07) is 5.48. The minimum Gasteiger partial charge on any atom is -0.492 e. The van der Waals surface area contributed by atoms with Crippen molar-refractivity contribution in [2.24, 2.45) is 11.1 Å². The van der Waals surface area contributed by atoms with Gasteiger partial charge in [-0.25, -0.2) is 0 Å². The van der Waals surface area contributed by atoms with E-state index in [-0.39, 0.29) is 6.61 Å². The van der Waals surface area contributed by atoms with Gasteiger partial charge in [0.25, 0.3) is 0 Å². The first-order valence-electron chi connectivity index (χ1n) is 5.21. The van der Waals surface area contributed by atoms with Gasteiger partial charge in [-0.05, 0) is 32.0 Å². The highest BCUT2D eigenvalue weighted by Crippen LogP contribution is 2.25. The van der Waals surface area contributed by atoms with Crippen molar-refractivity contribution in [3.05, 3.63) is 28.2 Å². The molecular weight excluding hydrogens is 286 g/mol. The van der Waals surface area contributed by atoms with Crippen LogP contribution in [0.25, 0.3) is 0 Å². The van der Waals surface area contributed by atoms with Gasteiger partial charge in [0.05, 0.1) is 5.41 Å². The lowest BCUT2D eigenvalue weighted by Gasteiger charge is -2.20. The lowest BCUT2D eigenvalue weighted by molar-refractivity contribution is -0.148. The highest BCUT2D eigenvalue weighted by Gasteiger charge is 2.28. The molecule has 0 unspecified atom stereocenters. The van der Waals surface area contributed by atoms with E-state index < -0.39 is 11.4 Å². The Bertz CT molecular complexity index is 418. The average molecular weight is 302 g/mol. The molecule has 1 rings (SSSR count). The second-order valence-corrected chi connectivity index (χ2v) is 5.35. The van der Waals surface area contributed by atoms with E-state index in [9.17, 15) is 4.79 Å². The highest BCUT2D eigenvalue weighted by atomic mass is 79.9. The molecule has 17 heavy (non-hydrogen) atoms. The van der Waals surface area contributed by atoms with Crippen molar-refractivity contribution in [2.45, 2.75) is 20.4 Å². The Morgan fingerprint density at radius 2 is 2.18 bits per heavy atom. The van der Waals surface area contributed by atoms with Crippen LogP contribution in [-0.4, -0.2) is 17.7 Å². The first-order chi connectivity index (χ1) is 7.86. The quantitative estimate of drug-likeness (QED) is 0.876. The number of ether oxygens (including phenoxy) is 1. The second kappa shape index (κ2) is 5.51. The Morgan fingerprint density at radius 3 is 2.71 bits per heavy atom. The summed E-state index contributed by atoms with van der Waals surface area (Å²) in [6.45, 7) is 3.70. The standard InChI is InChI=1S/C12H16BrNO3/c1-12(2,11(15)16)7-17-10-4-3-9(13)5-8(10)6-14/h3-5H,6-7,14H2,1-2H3,(H,15,16). The molecular formula is C12H16BrNO3. The zero-order valence-electron chi connectivity index (χ0n) is 9.87. The molecule has 0 aliphatic heterocycles. The molecule has 94 valence electrons. The van der Waals surface area contributed by atoms with Crippen molar-refractivity contribution < 1.29 is 14.6 Å². The van der Waals surface area contributed by atoms with Gasteiger partial charge in [0, 0.05) is 16.6 Å². The molecule has 0 aromatic heterocycles. The largest absolute Gasteiger partial charge is 0.492 e. The molecule has 0 saturated carbocycles. The number of carboxylic acid groups (broad SMARTS) is 1. The van der Waals surface area contributed by atoms with Gasteiger partial charge in [0.15, 0.2) is 0 Å². The third-order valence-corrected chi connectivity index (χ3v) is 2.90. The van der Waals surface area contributed by atoms with Crippen molar-refractivity contribution in [1.82, 2.24) is 0 Å². The molecule has 3 N–H and O–H groups in total. The molecule has 0 aliphatic carbocycles. The maximum Gasteiger partial charge on any atom is 0.312 e. The number of nitrogens with two attached hydrogens (primary N) is 1. The summed E-state index contributed by atoms with van der Waals surface area (Å²) in [4.78, 5) is 10.9. The number of carboxylic acids is 1. The van der Waals surface area contributed by atoms with E-state index in [1.165, 1.54) is 0 Å². The monoisotopic (exact) mass is 301 g/mol. The predicted octanol–water partition coefficient (Wildman–Crippen LogP) is 2.40. The van der Waals surface area contributed by atoms with Crippen LogP contribution in [-0.2, 0) is 11.3 Å². The minimum atomic E-state index is -0.918. The van der Waals surface area contributed by atoms with E-state index in [4.69, 9.17) is 15.6 Å². The molecule has 5 heteroatoms. The topological polar surface area (TPSA) is 72.5 Å².